The predicted molar refractivity (Wildman–Crippen MR) is 97.1 cm³/mol. The summed E-state index contributed by atoms with van der Waals surface area (Å²) >= 11 is 1.09. The van der Waals surface area contributed by atoms with E-state index in [1.165, 1.54) is 29.4 Å². The minimum absolute atomic E-state index is 0.0810. The minimum atomic E-state index is -0.990. The summed E-state index contributed by atoms with van der Waals surface area (Å²) in [4.78, 5) is 29.1. The Kier molecular flexibility index (Phi) is 7.31. The maximum Gasteiger partial charge on any atom is 0.354 e. The van der Waals surface area contributed by atoms with Crippen LogP contribution < -0.4 is 5.32 Å². The Morgan fingerprint density at radius 3 is 2.65 bits per heavy atom. The average Bonchev–Trinajstić information content (AvgIpc) is 3.12. The first-order valence-corrected chi connectivity index (χ1v) is 8.30. The monoisotopic (exact) mass is 374 g/mol. The molecule has 1 aromatic carbocycles. The molecular formula is C17H15FN4O3S. The Hall–Kier alpha value is -3.20. The van der Waals surface area contributed by atoms with Crippen molar-refractivity contribution in [1.82, 2.24) is 14.5 Å². The average molecular weight is 374 g/mol. The van der Waals surface area contributed by atoms with Gasteiger partial charge in [0.15, 0.2) is 0 Å². The summed E-state index contributed by atoms with van der Waals surface area (Å²) in [6, 6.07) is 11.6. The van der Waals surface area contributed by atoms with Crippen LogP contribution in [-0.4, -0.2) is 38.0 Å². The lowest BCUT2D eigenvalue weighted by molar-refractivity contribution is 0.0690. The number of alkyl halides is 1. The third-order valence-corrected chi connectivity index (χ3v) is 3.80. The van der Waals surface area contributed by atoms with Crippen molar-refractivity contribution in [3.8, 4) is 0 Å². The number of halogens is 1. The van der Waals surface area contributed by atoms with Gasteiger partial charge < -0.3 is 10.4 Å². The zero-order valence-corrected chi connectivity index (χ0v) is 14.3. The Labute approximate surface area is 152 Å². The van der Waals surface area contributed by atoms with Crippen LogP contribution in [0.15, 0.2) is 66.1 Å². The van der Waals surface area contributed by atoms with Crippen LogP contribution in [0, 0.1) is 0 Å². The molecule has 3 rings (SSSR count). The summed E-state index contributed by atoms with van der Waals surface area (Å²) in [6.07, 6.45) is 5.04. The number of hydrogen-bond donors (Lipinski definition) is 2. The van der Waals surface area contributed by atoms with E-state index in [-0.39, 0.29) is 5.69 Å². The molecule has 0 saturated heterocycles. The number of aromatic carboxylic acids is 1. The highest BCUT2D eigenvalue weighted by Gasteiger charge is 2.05. The van der Waals surface area contributed by atoms with E-state index in [2.05, 4.69) is 15.3 Å². The molecule has 26 heavy (non-hydrogen) atoms. The van der Waals surface area contributed by atoms with Gasteiger partial charge >= 0.3 is 5.97 Å². The quantitative estimate of drug-likeness (QED) is 0.504. The molecule has 2 heterocycles. The highest BCUT2D eigenvalue weighted by atomic mass is 32.2. The van der Waals surface area contributed by atoms with Gasteiger partial charge in [-0.3, -0.25) is 9.36 Å². The topological polar surface area (TPSA) is 97.1 Å². The van der Waals surface area contributed by atoms with Crippen molar-refractivity contribution in [2.24, 2.45) is 0 Å². The van der Waals surface area contributed by atoms with Crippen molar-refractivity contribution < 1.29 is 19.1 Å². The molecule has 3 aromatic rings. The number of carboxylic acids is 1. The summed E-state index contributed by atoms with van der Waals surface area (Å²) < 4.78 is 13.7. The van der Waals surface area contributed by atoms with Crippen molar-refractivity contribution in [3.63, 3.8) is 0 Å². The number of carbonyl (C=O) groups is 2. The molecule has 0 aliphatic carbocycles. The van der Waals surface area contributed by atoms with Crippen LogP contribution in [0.1, 0.15) is 10.5 Å². The Morgan fingerprint density at radius 1 is 1.27 bits per heavy atom. The molecule has 9 heteroatoms. The van der Waals surface area contributed by atoms with Gasteiger partial charge in [-0.05, 0) is 24.3 Å². The standard InChI is InChI=1S/C11H10FN3OS.C6H5NO2/c12-6-17-10-4-2-1-3-9(10)14-11-5-13-7-15(11)8-16;8-6(9)5-3-1-2-4-7-5/h1-5,7-8,14H,6H2;1-4H,(H,8,9). The molecule has 0 aliphatic rings. The molecule has 0 saturated carbocycles. The van der Waals surface area contributed by atoms with Crippen molar-refractivity contribution in [3.05, 3.63) is 66.9 Å². The molecule has 0 aliphatic heterocycles. The van der Waals surface area contributed by atoms with Gasteiger partial charge in [0, 0.05) is 11.1 Å². The first-order valence-electron chi connectivity index (χ1n) is 7.32. The van der Waals surface area contributed by atoms with E-state index in [4.69, 9.17) is 5.11 Å². The van der Waals surface area contributed by atoms with E-state index in [9.17, 15) is 14.0 Å². The van der Waals surface area contributed by atoms with Crippen LogP contribution in [0.2, 0.25) is 0 Å². The van der Waals surface area contributed by atoms with Gasteiger partial charge in [-0.15, -0.1) is 0 Å². The van der Waals surface area contributed by atoms with Gasteiger partial charge in [0.1, 0.15) is 23.8 Å². The van der Waals surface area contributed by atoms with Crippen molar-refractivity contribution >= 4 is 35.6 Å². The number of hydrogen-bond acceptors (Lipinski definition) is 6. The van der Waals surface area contributed by atoms with Crippen molar-refractivity contribution in [1.29, 1.82) is 0 Å². The molecule has 0 atom stereocenters. The number of benzene rings is 1. The SMILES string of the molecule is O=C(O)c1ccccn1.O=Cn1cncc1Nc1ccccc1SCF. The van der Waals surface area contributed by atoms with Crippen LogP contribution in [0.4, 0.5) is 15.9 Å². The summed E-state index contributed by atoms with van der Waals surface area (Å²) in [7, 11) is 0. The summed E-state index contributed by atoms with van der Waals surface area (Å²) in [5, 5.41) is 11.4. The number of imidazole rings is 1. The third-order valence-electron chi connectivity index (χ3n) is 3.02. The molecule has 2 aromatic heterocycles. The van der Waals surface area contributed by atoms with Gasteiger partial charge in [-0.1, -0.05) is 30.0 Å². The highest BCUT2D eigenvalue weighted by molar-refractivity contribution is 7.99. The maximum atomic E-state index is 12.3. The Bertz CT molecular complexity index is 858. The fraction of sp³-hybridized carbons (Fsp3) is 0.0588. The predicted octanol–water partition coefficient (Wildman–Crippen LogP) is 3.46. The maximum absolute atomic E-state index is 12.3. The fourth-order valence-electron chi connectivity index (χ4n) is 1.87. The number of nitrogens with one attached hydrogen (secondary N) is 1. The van der Waals surface area contributed by atoms with Gasteiger partial charge in [0.25, 0.3) is 0 Å². The normalized spacial score (nSPS) is 9.73. The zero-order chi connectivity index (χ0) is 18.8. The highest BCUT2D eigenvalue weighted by Crippen LogP contribution is 2.29. The number of anilines is 2. The largest absolute Gasteiger partial charge is 0.477 e. The van der Waals surface area contributed by atoms with Crippen LogP contribution in [0.5, 0.6) is 0 Å². The van der Waals surface area contributed by atoms with Crippen molar-refractivity contribution in [2.75, 3.05) is 11.3 Å². The molecule has 0 radical (unpaired) electrons. The van der Waals surface area contributed by atoms with Crippen molar-refractivity contribution in [2.45, 2.75) is 4.90 Å². The number of carboxylic acid groups (broad SMARTS) is 1. The van der Waals surface area contributed by atoms with E-state index in [1.54, 1.807) is 12.1 Å². The minimum Gasteiger partial charge on any atom is -0.477 e. The molecular weight excluding hydrogens is 359 g/mol. The molecule has 0 amide bonds. The number of rotatable bonds is 6. The van der Waals surface area contributed by atoms with Gasteiger partial charge in [-0.25, -0.2) is 19.2 Å². The van der Waals surface area contributed by atoms with E-state index in [1.807, 2.05) is 24.3 Å². The lowest BCUT2D eigenvalue weighted by Gasteiger charge is -2.09. The Balaban J connectivity index is 0.000000228. The van der Waals surface area contributed by atoms with Crippen LogP contribution in [0.25, 0.3) is 0 Å². The molecule has 0 spiro atoms. The van der Waals surface area contributed by atoms with Gasteiger partial charge in [-0.2, -0.15) is 0 Å². The molecule has 2 N–H and O–H groups in total. The van der Waals surface area contributed by atoms with Gasteiger partial charge in [0.05, 0.1) is 11.9 Å². The third kappa shape index (κ3) is 5.42. The number of para-hydroxylation sites is 1. The van der Waals surface area contributed by atoms with Crippen LogP contribution >= 0.6 is 11.8 Å². The number of aromatic nitrogens is 3. The second kappa shape index (κ2) is 9.94. The van der Waals surface area contributed by atoms with E-state index >= 15 is 0 Å². The van der Waals surface area contributed by atoms with Crippen LogP contribution in [0.3, 0.4) is 0 Å². The van der Waals surface area contributed by atoms with E-state index in [0.29, 0.717) is 12.2 Å². The molecule has 7 nitrogen and oxygen atoms in total. The smallest absolute Gasteiger partial charge is 0.354 e. The lowest BCUT2D eigenvalue weighted by Crippen LogP contribution is -2.00. The molecule has 134 valence electrons. The van der Waals surface area contributed by atoms with Crippen LogP contribution in [-0.2, 0) is 4.79 Å². The number of pyridine rings is 1. The molecule has 0 bridgehead atoms. The number of carbonyl (C=O) groups excluding carboxylic acids is 1. The summed E-state index contributed by atoms with van der Waals surface area (Å²) in [5.41, 5.74) is 0.830. The molecule has 0 fully saturated rings. The number of thioether (sulfide) groups is 1. The van der Waals surface area contributed by atoms with E-state index in [0.717, 1.165) is 22.3 Å². The van der Waals surface area contributed by atoms with E-state index < -0.39 is 12.0 Å². The second-order valence-electron chi connectivity index (χ2n) is 4.69. The first kappa shape index (κ1) is 19.1. The zero-order valence-electron chi connectivity index (χ0n) is 13.4. The first-order chi connectivity index (χ1) is 12.7. The lowest BCUT2D eigenvalue weighted by atomic mass is 10.3. The Morgan fingerprint density at radius 2 is 2.04 bits per heavy atom. The summed E-state index contributed by atoms with van der Waals surface area (Å²) in [5.74, 6) is -0.442. The summed E-state index contributed by atoms with van der Waals surface area (Å²) in [6.45, 7) is 0. The second-order valence-corrected chi connectivity index (χ2v) is 5.63. The van der Waals surface area contributed by atoms with Gasteiger partial charge in [0.2, 0.25) is 6.41 Å². The number of nitrogens with zero attached hydrogens (tertiary/aromatic N) is 3. The fourth-order valence-corrected chi connectivity index (χ4v) is 2.43. The molecule has 0 unspecified atom stereocenters.